The summed E-state index contributed by atoms with van der Waals surface area (Å²) in [5.74, 6) is -1.40. The summed E-state index contributed by atoms with van der Waals surface area (Å²) >= 11 is 0. The van der Waals surface area contributed by atoms with E-state index in [2.05, 4.69) is 8.62 Å². The lowest BCUT2D eigenvalue weighted by molar-refractivity contribution is -0.148. The molecule has 0 spiro atoms. The summed E-state index contributed by atoms with van der Waals surface area (Å²) in [7, 11) is -16.2. The Hall–Kier alpha value is -0.200. The van der Waals surface area contributed by atoms with Gasteiger partial charge in [-0.1, -0.05) is 0 Å². The molecule has 0 amide bonds. The average Bonchev–Trinajstić information content (AvgIpc) is 2.08. The molecule has 0 heterocycles. The third kappa shape index (κ3) is 15.9. The maximum atomic E-state index is 10.4. The number of carboxylic acids is 1. The zero-order valence-corrected chi connectivity index (χ0v) is 11.8. The van der Waals surface area contributed by atoms with Crippen molar-refractivity contribution in [3.05, 3.63) is 0 Å². The van der Waals surface area contributed by atoms with Crippen LogP contribution in [0.4, 0.5) is 0 Å². The van der Waals surface area contributed by atoms with Crippen molar-refractivity contribution in [1.29, 1.82) is 0 Å². The van der Waals surface area contributed by atoms with Gasteiger partial charge in [0.2, 0.25) is 0 Å². The lowest BCUT2D eigenvalue weighted by Gasteiger charge is -2.11. The highest BCUT2D eigenvalue weighted by atomic mass is 31.3. The van der Waals surface area contributed by atoms with E-state index in [1.807, 2.05) is 0 Å². The van der Waals surface area contributed by atoms with Gasteiger partial charge in [-0.15, -0.1) is 0 Å². The Balaban J connectivity index is 0. The second-order valence-electron chi connectivity index (χ2n) is 2.65. The molecule has 0 aromatic heterocycles. The molecule has 17 heteroatoms. The Bertz CT molecular complexity index is 415. The fraction of sp³-hybridized carbons (Fsp3) is 0.667. The summed E-state index contributed by atoms with van der Waals surface area (Å²) in [6.07, 6.45) is -1.63. The molecule has 122 valence electrons. The van der Waals surface area contributed by atoms with Gasteiger partial charge in [-0.05, 0) is 0 Å². The number of carbonyl (C=O) groups is 1. The number of aliphatic hydroxyl groups is 2. The first-order valence-electron chi connectivity index (χ1n) is 3.98. The second-order valence-corrected chi connectivity index (χ2v) is 6.86. The molecule has 0 saturated carbocycles. The molecule has 1 unspecified atom stereocenters. The first-order chi connectivity index (χ1) is 8.59. The monoisotopic (exact) mass is 364 g/mol. The van der Waals surface area contributed by atoms with Gasteiger partial charge in [0, 0.05) is 0 Å². The van der Waals surface area contributed by atoms with Crippen LogP contribution >= 0.6 is 23.5 Å². The second kappa shape index (κ2) is 8.29. The smallest absolute Gasteiger partial charge is 0.479 e. The predicted molar refractivity (Wildman–Crippen MR) is 56.8 cm³/mol. The highest BCUT2D eigenvalue weighted by Crippen LogP contribution is 2.64. The van der Waals surface area contributed by atoms with Crippen LogP contribution in [0, 0.1) is 0 Å². The molecule has 0 aliphatic carbocycles. The third-order valence-corrected chi connectivity index (χ3v) is 4.23. The number of hydrogen-bond donors (Lipinski definition) is 8. The summed E-state index contributed by atoms with van der Waals surface area (Å²) in [6.45, 7) is -0.727. The van der Waals surface area contributed by atoms with Crippen molar-refractivity contribution in [2.24, 2.45) is 0 Å². The van der Waals surface area contributed by atoms with E-state index in [0.29, 0.717) is 0 Å². The number of rotatable bonds is 6. The molecule has 0 fully saturated rings. The summed E-state index contributed by atoms with van der Waals surface area (Å²) in [5, 5.41) is 23.7. The highest BCUT2D eigenvalue weighted by Gasteiger charge is 2.38. The molecule has 0 saturated heterocycles. The number of aliphatic hydroxyl groups excluding tert-OH is 2. The van der Waals surface area contributed by atoms with E-state index in [-0.39, 0.29) is 0 Å². The Morgan fingerprint density at radius 1 is 0.950 bits per heavy atom. The maximum Gasteiger partial charge on any atom is 0.490 e. The zero-order chi connectivity index (χ0) is 16.8. The molecule has 0 rings (SSSR count). The normalized spacial score (nSPS) is 14.2. The van der Waals surface area contributed by atoms with Crippen molar-refractivity contribution >= 4 is 29.4 Å². The summed E-state index contributed by atoms with van der Waals surface area (Å²) in [6, 6.07) is 0. The highest BCUT2D eigenvalue weighted by molar-refractivity contribution is 7.66. The van der Waals surface area contributed by atoms with Crippen LogP contribution in [0.5, 0.6) is 0 Å². The minimum absolute atomic E-state index is 0.727. The maximum absolute atomic E-state index is 10.4. The number of hydrogen-bond acceptors (Lipinski definition) is 8. The van der Waals surface area contributed by atoms with E-state index in [4.69, 9.17) is 39.8 Å². The molecule has 14 nitrogen and oxygen atoms in total. The van der Waals surface area contributed by atoms with Crippen molar-refractivity contribution in [3.8, 4) is 0 Å². The molecular formula is C3H11O14P3. The molecular weight excluding hydrogens is 353 g/mol. The van der Waals surface area contributed by atoms with Gasteiger partial charge < -0.3 is 39.8 Å². The molecule has 0 aromatic rings. The Morgan fingerprint density at radius 3 is 1.35 bits per heavy atom. The standard InChI is InChI=1S/C3H6O4.H5O10P3/c4-1-2(5)3(6)7;1-11(2,3)9-13(7,8)10-12(4,5)6/h2,4-5H,1H2,(H,6,7);(H,7,8)(H2,1,2,3)(H2,4,5,6). The van der Waals surface area contributed by atoms with Gasteiger partial charge in [0.15, 0.2) is 6.10 Å². The van der Waals surface area contributed by atoms with Crippen LogP contribution in [0.2, 0.25) is 0 Å². The van der Waals surface area contributed by atoms with Gasteiger partial charge in [0.1, 0.15) is 0 Å². The molecule has 0 aromatic carbocycles. The first-order valence-corrected chi connectivity index (χ1v) is 8.53. The molecule has 8 N–H and O–H groups in total. The molecule has 0 radical (unpaired) electrons. The predicted octanol–water partition coefficient (Wildman–Crippen LogP) is -2.27. The SMILES string of the molecule is O=C(O)C(O)CO.O=P(O)(O)OP(=O)(O)OP(=O)(O)O. The van der Waals surface area contributed by atoms with Crippen LogP contribution in [-0.2, 0) is 27.1 Å². The van der Waals surface area contributed by atoms with Crippen LogP contribution in [-0.4, -0.2) is 58.5 Å². The van der Waals surface area contributed by atoms with E-state index in [9.17, 15) is 18.5 Å². The lowest BCUT2D eigenvalue weighted by atomic mass is 10.4. The Kier molecular flexibility index (Phi) is 9.16. The van der Waals surface area contributed by atoms with Crippen LogP contribution in [0.3, 0.4) is 0 Å². The van der Waals surface area contributed by atoms with Crippen molar-refractivity contribution in [3.63, 3.8) is 0 Å². The van der Waals surface area contributed by atoms with Gasteiger partial charge in [-0.3, -0.25) is 0 Å². The van der Waals surface area contributed by atoms with E-state index < -0.39 is 42.1 Å². The van der Waals surface area contributed by atoms with Crippen LogP contribution in [0.15, 0.2) is 0 Å². The number of aliphatic carboxylic acids is 1. The van der Waals surface area contributed by atoms with Crippen molar-refractivity contribution in [1.82, 2.24) is 0 Å². The minimum atomic E-state index is -5.46. The van der Waals surface area contributed by atoms with Crippen LogP contribution < -0.4 is 0 Å². The van der Waals surface area contributed by atoms with Gasteiger partial charge >= 0.3 is 29.4 Å². The van der Waals surface area contributed by atoms with Crippen LogP contribution in [0.1, 0.15) is 0 Å². The van der Waals surface area contributed by atoms with E-state index in [1.165, 1.54) is 0 Å². The van der Waals surface area contributed by atoms with Crippen molar-refractivity contribution in [2.45, 2.75) is 6.10 Å². The topological polar surface area (TPSA) is 249 Å². The van der Waals surface area contributed by atoms with Gasteiger partial charge in [0.05, 0.1) is 6.61 Å². The lowest BCUT2D eigenvalue weighted by Crippen LogP contribution is -2.22. The summed E-state index contributed by atoms with van der Waals surface area (Å²) < 4.78 is 36.4. The quantitative estimate of drug-likeness (QED) is 0.231. The zero-order valence-electron chi connectivity index (χ0n) is 9.15. The van der Waals surface area contributed by atoms with E-state index in [0.717, 1.165) is 0 Å². The number of phosphoric acid groups is 3. The van der Waals surface area contributed by atoms with Crippen LogP contribution in [0.25, 0.3) is 0 Å². The summed E-state index contributed by atoms with van der Waals surface area (Å²) in [5.41, 5.74) is 0. The van der Waals surface area contributed by atoms with Gasteiger partial charge in [0.25, 0.3) is 0 Å². The summed E-state index contributed by atoms with van der Waals surface area (Å²) in [4.78, 5) is 49.7. The first kappa shape index (κ1) is 22.1. The average molecular weight is 364 g/mol. The van der Waals surface area contributed by atoms with Crippen molar-refractivity contribution in [2.75, 3.05) is 6.61 Å². The van der Waals surface area contributed by atoms with Crippen molar-refractivity contribution < 1.29 is 66.9 Å². The molecule has 1 atom stereocenters. The minimum Gasteiger partial charge on any atom is -0.479 e. The van der Waals surface area contributed by atoms with Gasteiger partial charge in [-0.2, -0.15) is 8.62 Å². The number of carboxylic acid groups (broad SMARTS) is 1. The van der Waals surface area contributed by atoms with E-state index in [1.54, 1.807) is 0 Å². The third-order valence-electron chi connectivity index (χ3n) is 0.877. The molecule has 0 bridgehead atoms. The fourth-order valence-electron chi connectivity index (χ4n) is 0.362. The fourth-order valence-corrected chi connectivity index (χ4v) is 2.90. The van der Waals surface area contributed by atoms with E-state index >= 15 is 0 Å². The molecule has 0 aliphatic heterocycles. The molecule has 20 heavy (non-hydrogen) atoms. The Labute approximate surface area is 110 Å². The van der Waals surface area contributed by atoms with Gasteiger partial charge in [-0.25, -0.2) is 18.5 Å². The molecule has 0 aliphatic rings. The largest absolute Gasteiger partial charge is 0.490 e. The Morgan fingerprint density at radius 2 is 1.25 bits per heavy atom.